The van der Waals surface area contributed by atoms with Crippen LogP contribution in [0.2, 0.25) is 0 Å². The van der Waals surface area contributed by atoms with E-state index in [1.54, 1.807) is 0 Å². The van der Waals surface area contributed by atoms with Crippen LogP contribution in [0.1, 0.15) is 0 Å². The van der Waals surface area contributed by atoms with Crippen LogP contribution in [0.3, 0.4) is 0 Å². The minimum absolute atomic E-state index is 1.21. The van der Waals surface area contributed by atoms with Gasteiger partial charge in [0.1, 0.15) is 0 Å². The van der Waals surface area contributed by atoms with E-state index in [4.69, 9.17) is 0 Å². The van der Waals surface area contributed by atoms with Crippen molar-refractivity contribution in [2.75, 3.05) is 0 Å². The molecule has 60 valence electrons. The average molecular weight is 357 g/mol. The van der Waals surface area contributed by atoms with Gasteiger partial charge in [-0.25, -0.2) is 0 Å². The van der Waals surface area contributed by atoms with E-state index in [2.05, 4.69) is 22.1 Å². The van der Waals surface area contributed by atoms with Crippen LogP contribution in [0.25, 0.3) is 0 Å². The molecule has 0 aliphatic heterocycles. The zero-order valence-corrected chi connectivity index (χ0v) is 12.7. The Morgan fingerprint density at radius 2 is 1.31 bits per heavy atom. The van der Waals surface area contributed by atoms with Gasteiger partial charge in [0.2, 0.25) is 0 Å². The zero-order chi connectivity index (χ0) is 8.93. The zero-order valence-electron chi connectivity index (χ0n) is 7.22. The van der Waals surface area contributed by atoms with Crippen molar-refractivity contribution in [3.63, 3.8) is 0 Å². The summed E-state index contributed by atoms with van der Waals surface area (Å²) in [5, 5.41) is 0. The van der Waals surface area contributed by atoms with E-state index in [1.165, 1.54) is 6.41 Å². The molecule has 3 heteroatoms. The fourth-order valence-electron chi connectivity index (χ4n) is 1.19. The number of hydrogen-bond donors (Lipinski definition) is 0. The molecule has 2 aromatic rings. The predicted octanol–water partition coefficient (Wildman–Crippen LogP) is 0.510. The number of hydrogen-bond acceptors (Lipinski definition) is 2. The third-order valence-electron chi connectivity index (χ3n) is 1.81. The first-order chi connectivity index (χ1) is 6.45. The molecule has 0 aliphatic rings. The molecular formula is C10H8HgN2. The average Bonchev–Trinajstić information content (AvgIpc) is 2.21. The van der Waals surface area contributed by atoms with Crippen LogP contribution < -0.4 is 6.41 Å². The molecule has 0 bridgehead atoms. The van der Waals surface area contributed by atoms with Gasteiger partial charge < -0.3 is 0 Å². The van der Waals surface area contributed by atoms with Gasteiger partial charge in [0.25, 0.3) is 0 Å². The first kappa shape index (κ1) is 8.82. The number of aromatic nitrogens is 2. The predicted molar refractivity (Wildman–Crippen MR) is 47.7 cm³/mol. The molecule has 2 rings (SSSR count). The summed E-state index contributed by atoms with van der Waals surface area (Å²) in [6.07, 6.45) is 3.72. The van der Waals surface area contributed by atoms with Crippen molar-refractivity contribution in [1.82, 2.24) is 9.97 Å². The summed E-state index contributed by atoms with van der Waals surface area (Å²) >= 11 is -1.21. The summed E-state index contributed by atoms with van der Waals surface area (Å²) in [7, 11) is 0. The van der Waals surface area contributed by atoms with Crippen molar-refractivity contribution in [3.05, 3.63) is 48.8 Å². The molecule has 0 fully saturated rings. The number of nitrogens with zero attached hydrogens (tertiary/aromatic N) is 2. The fourth-order valence-corrected chi connectivity index (χ4v) is 6.14. The molecule has 2 heterocycles. The molecule has 0 saturated carbocycles. The van der Waals surface area contributed by atoms with Crippen LogP contribution >= 0.6 is 0 Å². The number of pyridine rings is 2. The van der Waals surface area contributed by atoms with Gasteiger partial charge in [-0.2, -0.15) is 0 Å². The van der Waals surface area contributed by atoms with Crippen molar-refractivity contribution >= 4 is 6.41 Å². The van der Waals surface area contributed by atoms with Crippen molar-refractivity contribution in [1.29, 1.82) is 0 Å². The molecule has 0 radical (unpaired) electrons. The minimum atomic E-state index is -1.21. The Hall–Kier alpha value is -0.765. The van der Waals surface area contributed by atoms with E-state index < -0.39 is 24.6 Å². The van der Waals surface area contributed by atoms with Crippen LogP contribution in [-0.2, 0) is 24.6 Å². The van der Waals surface area contributed by atoms with Crippen LogP contribution in [-0.4, -0.2) is 9.97 Å². The molecule has 2 nitrogen and oxygen atoms in total. The first-order valence-corrected chi connectivity index (χ1v) is 9.75. The molecular weight excluding hydrogens is 349 g/mol. The van der Waals surface area contributed by atoms with Crippen molar-refractivity contribution in [3.8, 4) is 0 Å². The summed E-state index contributed by atoms with van der Waals surface area (Å²) in [6.45, 7) is 0. The molecule has 0 saturated heterocycles. The van der Waals surface area contributed by atoms with E-state index in [9.17, 15) is 0 Å². The Morgan fingerprint density at radius 3 is 1.69 bits per heavy atom. The van der Waals surface area contributed by atoms with Crippen molar-refractivity contribution < 1.29 is 24.6 Å². The van der Waals surface area contributed by atoms with E-state index in [0.29, 0.717) is 0 Å². The second-order valence-electron chi connectivity index (χ2n) is 2.82. The third-order valence-corrected chi connectivity index (χ3v) is 7.88. The van der Waals surface area contributed by atoms with E-state index >= 15 is 0 Å². The topological polar surface area (TPSA) is 25.8 Å². The third kappa shape index (κ3) is 2.59. The summed E-state index contributed by atoms with van der Waals surface area (Å²) in [5.41, 5.74) is 0. The van der Waals surface area contributed by atoms with Crippen molar-refractivity contribution in [2.45, 2.75) is 0 Å². The van der Waals surface area contributed by atoms with E-state index in [0.717, 1.165) is 0 Å². The van der Waals surface area contributed by atoms with E-state index in [1.807, 2.05) is 36.7 Å². The van der Waals surface area contributed by atoms with Crippen LogP contribution in [0.5, 0.6) is 0 Å². The van der Waals surface area contributed by atoms with Crippen LogP contribution in [0.4, 0.5) is 0 Å². The molecule has 0 unspecified atom stereocenters. The monoisotopic (exact) mass is 358 g/mol. The van der Waals surface area contributed by atoms with Gasteiger partial charge in [-0.15, -0.1) is 0 Å². The molecule has 0 amide bonds. The Kier molecular flexibility index (Phi) is 3.03. The fraction of sp³-hybridized carbons (Fsp3) is 0. The first-order valence-electron chi connectivity index (χ1n) is 4.25. The second-order valence-corrected chi connectivity index (χ2v) is 9.83. The molecule has 0 atom stereocenters. The maximum absolute atomic E-state index is 4.33. The summed E-state index contributed by atoms with van der Waals surface area (Å²) in [5.74, 6) is 0. The molecule has 0 aromatic carbocycles. The van der Waals surface area contributed by atoms with Gasteiger partial charge in [-0.3, -0.25) is 0 Å². The van der Waals surface area contributed by atoms with Gasteiger partial charge >= 0.3 is 89.7 Å². The quantitative estimate of drug-likeness (QED) is 0.733. The Bertz CT molecular complexity index is 324. The van der Waals surface area contributed by atoms with Crippen LogP contribution in [0, 0.1) is 0 Å². The normalized spacial score (nSPS) is 9.23. The maximum atomic E-state index is 4.33. The molecule has 0 aliphatic carbocycles. The second kappa shape index (κ2) is 4.47. The Morgan fingerprint density at radius 1 is 0.769 bits per heavy atom. The Labute approximate surface area is 89.5 Å². The van der Waals surface area contributed by atoms with Gasteiger partial charge in [-0.1, -0.05) is 0 Å². The standard InChI is InChI=1S/2C5H4N.Hg/c2*1-2-4-6-5-3-1;/h2*1-4H;. The number of rotatable bonds is 2. The Balaban J connectivity index is 2.16. The van der Waals surface area contributed by atoms with Gasteiger partial charge in [0, 0.05) is 0 Å². The van der Waals surface area contributed by atoms with Gasteiger partial charge in [0.15, 0.2) is 0 Å². The van der Waals surface area contributed by atoms with Gasteiger partial charge in [-0.05, 0) is 0 Å². The molecule has 0 N–H and O–H groups in total. The molecule has 2 aromatic heterocycles. The van der Waals surface area contributed by atoms with Crippen LogP contribution in [0.15, 0.2) is 48.8 Å². The van der Waals surface area contributed by atoms with Crippen molar-refractivity contribution in [2.24, 2.45) is 0 Å². The summed E-state index contributed by atoms with van der Waals surface area (Å²) in [4.78, 5) is 8.67. The summed E-state index contributed by atoms with van der Waals surface area (Å²) in [6, 6.07) is 12.2. The SMILES string of the molecule is c1cc[c]([Hg][c]2ccccn2)nc1. The molecule has 0 spiro atoms. The summed E-state index contributed by atoms with van der Waals surface area (Å²) < 4.78 is 2.56. The molecule has 13 heavy (non-hydrogen) atoms. The van der Waals surface area contributed by atoms with E-state index in [-0.39, 0.29) is 0 Å². The van der Waals surface area contributed by atoms with Gasteiger partial charge in [0.05, 0.1) is 0 Å².